The number of fused-ring (bicyclic) bond motifs is 1. The number of anilines is 1. The lowest BCUT2D eigenvalue weighted by Crippen LogP contribution is -2.40. The van der Waals surface area contributed by atoms with Gasteiger partial charge in [0, 0.05) is 43.9 Å². The van der Waals surface area contributed by atoms with Crippen LogP contribution in [0.25, 0.3) is 22.8 Å². The van der Waals surface area contributed by atoms with Crippen LogP contribution in [0.4, 0.5) is 23.8 Å². The maximum atomic E-state index is 14.0. The average Bonchev–Trinajstić information content (AvgIpc) is 3.80. The molecule has 2 amide bonds. The molecule has 48 heavy (non-hydrogen) atoms. The maximum Gasteiger partial charge on any atom is 0.434 e. The first-order chi connectivity index (χ1) is 22.6. The Kier molecular flexibility index (Phi) is 8.33. The number of alkyl halides is 3. The Hall–Kier alpha value is -5.08. The third kappa shape index (κ3) is 6.53. The van der Waals surface area contributed by atoms with Crippen molar-refractivity contribution in [3.63, 3.8) is 0 Å². The molecule has 0 saturated heterocycles. The Morgan fingerprint density at radius 1 is 1.04 bits per heavy atom. The first-order valence-electron chi connectivity index (χ1n) is 15.4. The van der Waals surface area contributed by atoms with E-state index in [0.717, 1.165) is 19.0 Å². The normalized spacial score (nSPS) is 14.9. The number of benzene rings is 1. The molecule has 0 N–H and O–H groups in total. The van der Waals surface area contributed by atoms with E-state index < -0.39 is 23.6 Å². The molecule has 0 unspecified atom stereocenters. The smallest absolute Gasteiger partial charge is 0.434 e. The van der Waals surface area contributed by atoms with E-state index in [1.54, 1.807) is 57.0 Å². The number of likely N-dealkylation sites (N-methyl/N-ethyl adjacent to an activating group) is 1. The van der Waals surface area contributed by atoms with Crippen molar-refractivity contribution in [3.8, 4) is 28.7 Å². The van der Waals surface area contributed by atoms with Gasteiger partial charge >= 0.3 is 12.3 Å². The summed E-state index contributed by atoms with van der Waals surface area (Å²) in [7, 11) is 4.65. The van der Waals surface area contributed by atoms with Crippen LogP contribution in [0.3, 0.4) is 0 Å². The zero-order valence-electron chi connectivity index (χ0n) is 27.4. The van der Waals surface area contributed by atoms with Gasteiger partial charge in [0.2, 0.25) is 5.88 Å². The van der Waals surface area contributed by atoms with Gasteiger partial charge in [-0.05, 0) is 45.6 Å². The fourth-order valence-corrected chi connectivity index (χ4v) is 5.55. The van der Waals surface area contributed by atoms with E-state index in [-0.39, 0.29) is 47.4 Å². The van der Waals surface area contributed by atoms with Crippen LogP contribution in [-0.4, -0.2) is 72.7 Å². The lowest BCUT2D eigenvalue weighted by molar-refractivity contribution is -0.140. The molecule has 0 spiro atoms. The first kappa shape index (κ1) is 32.8. The molecular weight excluding hydrogens is 629 g/mol. The van der Waals surface area contributed by atoms with Crippen LogP contribution < -0.4 is 9.64 Å². The van der Waals surface area contributed by atoms with E-state index in [4.69, 9.17) is 19.4 Å². The minimum atomic E-state index is -4.58. The molecule has 1 fully saturated rings. The summed E-state index contributed by atoms with van der Waals surface area (Å²) in [6.45, 7) is 5.58. The molecular formula is C33H35F3N8O4. The molecule has 1 aromatic carbocycles. The zero-order valence-corrected chi connectivity index (χ0v) is 27.4. The average molecular weight is 665 g/mol. The van der Waals surface area contributed by atoms with Gasteiger partial charge in [-0.2, -0.15) is 13.2 Å². The lowest BCUT2D eigenvalue weighted by atomic mass is 10.0. The molecule has 3 aromatic heterocycles. The first-order valence-corrected chi connectivity index (χ1v) is 15.4. The van der Waals surface area contributed by atoms with Crippen LogP contribution in [0, 0.1) is 0 Å². The van der Waals surface area contributed by atoms with Crippen LogP contribution >= 0.6 is 0 Å². The fourth-order valence-electron chi connectivity index (χ4n) is 5.55. The second kappa shape index (κ2) is 12.2. The molecule has 6 rings (SSSR count). The molecule has 1 aliphatic heterocycles. The molecule has 0 bridgehead atoms. The van der Waals surface area contributed by atoms with E-state index in [1.807, 2.05) is 0 Å². The van der Waals surface area contributed by atoms with Crippen molar-refractivity contribution in [3.05, 3.63) is 65.0 Å². The summed E-state index contributed by atoms with van der Waals surface area (Å²) >= 11 is 0. The highest BCUT2D eigenvalue weighted by molar-refractivity contribution is 5.98. The molecule has 0 radical (unpaired) electrons. The fraction of sp³-hybridized carbons (Fsp3) is 0.424. The van der Waals surface area contributed by atoms with Gasteiger partial charge in [0.1, 0.15) is 34.8 Å². The van der Waals surface area contributed by atoms with Crippen molar-refractivity contribution < 1.29 is 32.2 Å². The van der Waals surface area contributed by atoms with E-state index >= 15 is 0 Å². The molecule has 1 aliphatic carbocycles. The maximum absolute atomic E-state index is 14.0. The number of carbonyl (C=O) groups is 2. The number of ether oxygens (including phenoxy) is 2. The van der Waals surface area contributed by atoms with Crippen molar-refractivity contribution in [2.45, 2.75) is 64.3 Å². The molecule has 2 aliphatic rings. The van der Waals surface area contributed by atoms with Crippen LogP contribution in [0.2, 0.25) is 0 Å². The summed E-state index contributed by atoms with van der Waals surface area (Å²) in [6.07, 6.45) is -0.717. The number of methoxy groups -OCH3 is 1. The highest BCUT2D eigenvalue weighted by atomic mass is 19.4. The highest BCUT2D eigenvalue weighted by Crippen LogP contribution is 2.45. The van der Waals surface area contributed by atoms with Crippen LogP contribution in [0.15, 0.2) is 36.8 Å². The van der Waals surface area contributed by atoms with E-state index in [2.05, 4.69) is 15.0 Å². The summed E-state index contributed by atoms with van der Waals surface area (Å²) < 4.78 is 52.6. The number of hydrogen-bond acceptors (Lipinski definition) is 9. The summed E-state index contributed by atoms with van der Waals surface area (Å²) in [4.78, 5) is 52.6. The van der Waals surface area contributed by atoms with Gasteiger partial charge in [-0.1, -0.05) is 24.3 Å². The van der Waals surface area contributed by atoms with Crippen molar-refractivity contribution >= 4 is 17.8 Å². The number of nitrogens with zero attached hydrogens (tertiary/aromatic N) is 8. The molecule has 4 heterocycles. The topological polar surface area (TPSA) is 128 Å². The second-order valence-corrected chi connectivity index (χ2v) is 12.9. The van der Waals surface area contributed by atoms with Gasteiger partial charge in [0.05, 0.1) is 19.3 Å². The Balaban J connectivity index is 1.47. The minimum Gasteiger partial charge on any atom is -0.480 e. The lowest BCUT2D eigenvalue weighted by Gasteiger charge is -2.31. The predicted octanol–water partition coefficient (Wildman–Crippen LogP) is 5.81. The standard InChI is InChI=1S/C33H35F3N8O4/c1-32(2,3)48-31(46)44(15-18-7-9-20(10-8-18)27-39-22(16-43(27)5)33(34,35)36)28-21-13-14-42(4)30(45)25(21)40-26(41-28)23-24(19-11-12-19)37-17-38-29(23)47-6/h7-10,16-17,19H,11-15H2,1-6H3. The number of hydrogen-bond donors (Lipinski definition) is 0. The SMILES string of the molecule is COc1ncnc(C2CC2)c1-c1nc2c(c(N(Cc3ccc(-c4nc(C(F)(F)F)cn4C)cc3)C(=O)OC(C)(C)C)n1)CCN(C)C2=O. The number of rotatable bonds is 7. The highest BCUT2D eigenvalue weighted by Gasteiger charge is 2.37. The molecule has 0 atom stereocenters. The molecule has 252 valence electrons. The zero-order chi connectivity index (χ0) is 34.5. The summed E-state index contributed by atoms with van der Waals surface area (Å²) in [5.41, 5.74) is 1.02. The van der Waals surface area contributed by atoms with Crippen molar-refractivity contribution in [1.29, 1.82) is 0 Å². The van der Waals surface area contributed by atoms with Gasteiger partial charge < -0.3 is 18.9 Å². The molecule has 12 nitrogen and oxygen atoms in total. The van der Waals surface area contributed by atoms with E-state index in [9.17, 15) is 22.8 Å². The minimum absolute atomic E-state index is 0.0333. The van der Waals surface area contributed by atoms with Crippen LogP contribution in [-0.2, 0) is 30.9 Å². The Labute approximate surface area is 275 Å². The Morgan fingerprint density at radius 2 is 1.75 bits per heavy atom. The quantitative estimate of drug-likeness (QED) is 0.241. The summed E-state index contributed by atoms with van der Waals surface area (Å²) in [6, 6.07) is 6.67. The number of carbonyl (C=O) groups excluding carboxylic acids is 2. The summed E-state index contributed by atoms with van der Waals surface area (Å²) in [5, 5.41) is 0. The van der Waals surface area contributed by atoms with Gasteiger partial charge in [-0.3, -0.25) is 9.69 Å². The van der Waals surface area contributed by atoms with Crippen molar-refractivity contribution in [2.75, 3.05) is 25.6 Å². The third-order valence-corrected chi connectivity index (χ3v) is 8.04. The molecule has 1 saturated carbocycles. The summed E-state index contributed by atoms with van der Waals surface area (Å²) in [5.74, 6) is 0.557. The van der Waals surface area contributed by atoms with Crippen LogP contribution in [0.5, 0.6) is 5.88 Å². The number of amides is 2. The van der Waals surface area contributed by atoms with Crippen molar-refractivity contribution in [1.82, 2.24) is 34.4 Å². The predicted molar refractivity (Wildman–Crippen MR) is 168 cm³/mol. The van der Waals surface area contributed by atoms with Gasteiger partial charge in [-0.25, -0.2) is 29.7 Å². The van der Waals surface area contributed by atoms with Crippen molar-refractivity contribution in [2.24, 2.45) is 7.05 Å². The molecule has 15 heteroatoms. The number of aromatic nitrogens is 6. The van der Waals surface area contributed by atoms with Crippen LogP contribution in [0.1, 0.15) is 72.5 Å². The number of aryl methyl sites for hydroxylation is 1. The van der Waals surface area contributed by atoms with Gasteiger partial charge in [0.15, 0.2) is 11.5 Å². The Morgan fingerprint density at radius 3 is 2.35 bits per heavy atom. The van der Waals surface area contributed by atoms with E-state index in [0.29, 0.717) is 40.9 Å². The second-order valence-electron chi connectivity index (χ2n) is 12.9. The number of halogens is 3. The number of imidazole rings is 1. The van der Waals surface area contributed by atoms with E-state index in [1.165, 1.54) is 30.0 Å². The Bertz CT molecular complexity index is 1880. The molecule has 4 aromatic rings. The monoisotopic (exact) mass is 664 g/mol. The largest absolute Gasteiger partial charge is 0.480 e. The van der Waals surface area contributed by atoms with Gasteiger partial charge in [0.25, 0.3) is 5.91 Å². The van der Waals surface area contributed by atoms with Gasteiger partial charge in [-0.15, -0.1) is 0 Å². The third-order valence-electron chi connectivity index (χ3n) is 8.04.